The van der Waals surface area contributed by atoms with Gasteiger partial charge in [0.1, 0.15) is 6.04 Å². The molecular formula is C15H19ClN2O2. The quantitative estimate of drug-likeness (QED) is 0.932. The molecule has 0 bridgehead atoms. The minimum Gasteiger partial charge on any atom is -0.344 e. The average molecular weight is 295 g/mol. The number of anilines is 1. The van der Waals surface area contributed by atoms with Gasteiger partial charge in [-0.25, -0.2) is 0 Å². The van der Waals surface area contributed by atoms with Gasteiger partial charge in [0.25, 0.3) is 0 Å². The van der Waals surface area contributed by atoms with E-state index in [1.54, 1.807) is 11.0 Å². The Hall–Kier alpha value is -1.55. The van der Waals surface area contributed by atoms with E-state index in [1.807, 2.05) is 26.0 Å². The van der Waals surface area contributed by atoms with E-state index >= 15 is 0 Å². The predicted octanol–water partition coefficient (Wildman–Crippen LogP) is 2.67. The third-order valence-corrected chi connectivity index (χ3v) is 3.98. The molecule has 20 heavy (non-hydrogen) atoms. The first-order chi connectivity index (χ1) is 9.54. The molecule has 0 saturated carbocycles. The highest BCUT2D eigenvalue weighted by atomic mass is 35.5. The van der Waals surface area contributed by atoms with Crippen molar-refractivity contribution in [3.63, 3.8) is 0 Å². The van der Waals surface area contributed by atoms with Gasteiger partial charge in [0, 0.05) is 23.7 Å². The third-order valence-electron chi connectivity index (χ3n) is 3.57. The van der Waals surface area contributed by atoms with Gasteiger partial charge in [-0.2, -0.15) is 0 Å². The van der Waals surface area contributed by atoms with Crippen LogP contribution in [0.15, 0.2) is 18.2 Å². The van der Waals surface area contributed by atoms with Crippen LogP contribution < -0.4 is 10.2 Å². The van der Waals surface area contributed by atoms with Crippen LogP contribution in [0.2, 0.25) is 5.02 Å². The zero-order valence-electron chi connectivity index (χ0n) is 11.8. The van der Waals surface area contributed by atoms with Gasteiger partial charge in [-0.05, 0) is 31.0 Å². The van der Waals surface area contributed by atoms with Crippen molar-refractivity contribution in [2.75, 3.05) is 11.4 Å². The van der Waals surface area contributed by atoms with Crippen molar-refractivity contribution in [1.82, 2.24) is 5.32 Å². The molecule has 1 N–H and O–H groups in total. The molecule has 0 spiro atoms. The highest BCUT2D eigenvalue weighted by Gasteiger charge is 2.30. The molecule has 1 aliphatic rings. The lowest BCUT2D eigenvalue weighted by Crippen LogP contribution is -2.44. The fraction of sp³-hybridized carbons (Fsp3) is 0.467. The summed E-state index contributed by atoms with van der Waals surface area (Å²) in [6.45, 7) is 4.28. The smallest absolute Gasteiger partial charge is 0.249 e. The Morgan fingerprint density at radius 3 is 2.85 bits per heavy atom. The Labute approximate surface area is 124 Å². The average Bonchev–Trinajstić information content (AvgIpc) is 2.55. The number of nitrogens with zero attached hydrogens (tertiary/aromatic N) is 1. The van der Waals surface area contributed by atoms with Crippen molar-refractivity contribution >= 4 is 29.1 Å². The lowest BCUT2D eigenvalue weighted by atomic mass is 10.1. The molecule has 1 heterocycles. The van der Waals surface area contributed by atoms with Gasteiger partial charge in [-0.1, -0.05) is 31.0 Å². The SMILES string of the molecule is CCCC1NC(=O)CCN(c2cccc(Cl)c2C)C1=O. The van der Waals surface area contributed by atoms with Crippen molar-refractivity contribution in [3.8, 4) is 0 Å². The summed E-state index contributed by atoms with van der Waals surface area (Å²) in [6.07, 6.45) is 1.82. The summed E-state index contributed by atoms with van der Waals surface area (Å²) in [5.41, 5.74) is 1.66. The molecule has 1 atom stereocenters. The number of carbonyl (C=O) groups is 2. The summed E-state index contributed by atoms with van der Waals surface area (Å²) in [7, 11) is 0. The van der Waals surface area contributed by atoms with Crippen LogP contribution in [0.3, 0.4) is 0 Å². The standard InChI is InChI=1S/C15H19ClN2O2/c1-3-5-12-15(20)18(9-8-14(19)17-12)13-7-4-6-11(16)10(13)2/h4,6-7,12H,3,5,8-9H2,1-2H3,(H,17,19). The van der Waals surface area contributed by atoms with Gasteiger partial charge in [0.2, 0.25) is 11.8 Å². The number of carbonyl (C=O) groups excluding carboxylic acids is 2. The Bertz CT molecular complexity index is 531. The van der Waals surface area contributed by atoms with E-state index in [4.69, 9.17) is 11.6 Å². The molecule has 1 fully saturated rings. The van der Waals surface area contributed by atoms with E-state index in [-0.39, 0.29) is 11.8 Å². The molecule has 5 heteroatoms. The molecule has 2 rings (SSSR count). The minimum absolute atomic E-state index is 0.0527. The van der Waals surface area contributed by atoms with Crippen LogP contribution in [0.25, 0.3) is 0 Å². The van der Waals surface area contributed by atoms with Gasteiger partial charge < -0.3 is 10.2 Å². The summed E-state index contributed by atoms with van der Waals surface area (Å²) >= 11 is 6.13. The highest BCUT2D eigenvalue weighted by molar-refractivity contribution is 6.31. The summed E-state index contributed by atoms with van der Waals surface area (Å²) in [5.74, 6) is -0.123. The van der Waals surface area contributed by atoms with Crippen molar-refractivity contribution in [2.45, 2.75) is 39.2 Å². The van der Waals surface area contributed by atoms with E-state index < -0.39 is 6.04 Å². The number of rotatable bonds is 3. The molecule has 1 unspecified atom stereocenters. The Morgan fingerprint density at radius 2 is 2.15 bits per heavy atom. The fourth-order valence-corrected chi connectivity index (χ4v) is 2.62. The highest BCUT2D eigenvalue weighted by Crippen LogP contribution is 2.28. The van der Waals surface area contributed by atoms with E-state index in [0.717, 1.165) is 17.7 Å². The second kappa shape index (κ2) is 6.27. The largest absolute Gasteiger partial charge is 0.344 e. The zero-order valence-corrected chi connectivity index (χ0v) is 12.5. The fourth-order valence-electron chi connectivity index (χ4n) is 2.45. The Balaban J connectivity index is 2.36. The first-order valence-electron chi connectivity index (χ1n) is 6.90. The van der Waals surface area contributed by atoms with Crippen LogP contribution in [0.4, 0.5) is 5.69 Å². The first-order valence-corrected chi connectivity index (χ1v) is 7.28. The number of amides is 2. The molecule has 108 valence electrons. The number of benzene rings is 1. The van der Waals surface area contributed by atoms with E-state index in [2.05, 4.69) is 5.32 Å². The van der Waals surface area contributed by atoms with Gasteiger partial charge in [-0.15, -0.1) is 0 Å². The van der Waals surface area contributed by atoms with Crippen LogP contribution in [0.1, 0.15) is 31.7 Å². The molecule has 4 nitrogen and oxygen atoms in total. The summed E-state index contributed by atoms with van der Waals surface area (Å²) in [5, 5.41) is 3.43. The Morgan fingerprint density at radius 1 is 1.40 bits per heavy atom. The normalized spacial score (nSPS) is 19.8. The number of hydrogen-bond donors (Lipinski definition) is 1. The summed E-state index contributed by atoms with van der Waals surface area (Å²) in [4.78, 5) is 26.0. The van der Waals surface area contributed by atoms with E-state index in [0.29, 0.717) is 24.4 Å². The van der Waals surface area contributed by atoms with Crippen molar-refractivity contribution in [2.24, 2.45) is 0 Å². The van der Waals surface area contributed by atoms with Crippen molar-refractivity contribution < 1.29 is 9.59 Å². The predicted molar refractivity (Wildman–Crippen MR) is 80.0 cm³/mol. The number of halogens is 1. The first kappa shape index (κ1) is 14.9. The van der Waals surface area contributed by atoms with Gasteiger partial charge in [0.15, 0.2) is 0 Å². The molecule has 1 aromatic carbocycles. The molecule has 1 aliphatic heterocycles. The summed E-state index contributed by atoms with van der Waals surface area (Å²) < 4.78 is 0. The number of hydrogen-bond acceptors (Lipinski definition) is 2. The van der Waals surface area contributed by atoms with Crippen LogP contribution in [0, 0.1) is 6.92 Å². The lowest BCUT2D eigenvalue weighted by Gasteiger charge is -2.25. The maximum Gasteiger partial charge on any atom is 0.249 e. The van der Waals surface area contributed by atoms with Crippen LogP contribution >= 0.6 is 11.6 Å². The monoisotopic (exact) mass is 294 g/mol. The molecular weight excluding hydrogens is 276 g/mol. The summed E-state index contributed by atoms with van der Waals surface area (Å²) in [6, 6.07) is 5.06. The second-order valence-electron chi connectivity index (χ2n) is 5.03. The molecule has 0 aliphatic carbocycles. The lowest BCUT2D eigenvalue weighted by molar-refractivity contribution is -0.125. The van der Waals surface area contributed by atoms with Crippen LogP contribution in [-0.4, -0.2) is 24.4 Å². The van der Waals surface area contributed by atoms with Crippen LogP contribution in [-0.2, 0) is 9.59 Å². The van der Waals surface area contributed by atoms with Gasteiger partial charge in [-0.3, -0.25) is 9.59 Å². The van der Waals surface area contributed by atoms with E-state index in [9.17, 15) is 9.59 Å². The zero-order chi connectivity index (χ0) is 14.7. The maximum atomic E-state index is 12.6. The van der Waals surface area contributed by atoms with Crippen LogP contribution in [0.5, 0.6) is 0 Å². The third kappa shape index (κ3) is 2.96. The molecule has 0 aromatic heterocycles. The second-order valence-corrected chi connectivity index (χ2v) is 5.44. The van der Waals surface area contributed by atoms with Crippen molar-refractivity contribution in [1.29, 1.82) is 0 Å². The van der Waals surface area contributed by atoms with E-state index in [1.165, 1.54) is 0 Å². The van der Waals surface area contributed by atoms with Gasteiger partial charge in [0.05, 0.1) is 0 Å². The molecule has 0 radical (unpaired) electrons. The topological polar surface area (TPSA) is 49.4 Å². The Kier molecular flexibility index (Phi) is 4.65. The van der Waals surface area contributed by atoms with Crippen molar-refractivity contribution in [3.05, 3.63) is 28.8 Å². The molecule has 1 saturated heterocycles. The minimum atomic E-state index is -0.437. The maximum absolute atomic E-state index is 12.6. The van der Waals surface area contributed by atoms with Gasteiger partial charge >= 0.3 is 0 Å². The molecule has 2 amide bonds. The number of nitrogens with one attached hydrogen (secondary N) is 1. The molecule has 1 aromatic rings.